The molecule has 0 atom stereocenters. The number of aromatic nitrogens is 2. The lowest BCUT2D eigenvalue weighted by molar-refractivity contribution is 0.609. The molecule has 0 fully saturated rings. The van der Waals surface area contributed by atoms with Crippen molar-refractivity contribution in [1.29, 1.82) is 0 Å². The topological polar surface area (TPSA) is 52.0 Å². The Bertz CT molecular complexity index is 685. The van der Waals surface area contributed by atoms with Gasteiger partial charge in [0.1, 0.15) is 4.90 Å². The average Bonchev–Trinajstić information content (AvgIpc) is 2.57. The first-order chi connectivity index (χ1) is 8.29. The minimum atomic E-state index is -3.75. The van der Waals surface area contributed by atoms with E-state index in [4.69, 9.17) is 10.7 Å². The highest BCUT2D eigenvalue weighted by Crippen LogP contribution is 2.22. The summed E-state index contributed by atoms with van der Waals surface area (Å²) in [6.45, 7) is 5.64. The minimum absolute atomic E-state index is 0.0447. The fraction of sp³-hybridized carbons (Fsp3) is 0.250. The van der Waals surface area contributed by atoms with E-state index in [2.05, 4.69) is 5.10 Å². The van der Waals surface area contributed by atoms with E-state index >= 15 is 0 Å². The van der Waals surface area contributed by atoms with E-state index in [1.165, 1.54) is 6.20 Å². The van der Waals surface area contributed by atoms with Crippen LogP contribution in [0.2, 0.25) is 0 Å². The highest BCUT2D eigenvalue weighted by molar-refractivity contribution is 8.13. The summed E-state index contributed by atoms with van der Waals surface area (Å²) in [6.07, 6.45) is 1.27. The third kappa shape index (κ3) is 2.42. The Labute approximate surface area is 111 Å². The van der Waals surface area contributed by atoms with Crippen LogP contribution in [0.3, 0.4) is 0 Å². The van der Waals surface area contributed by atoms with Gasteiger partial charge in [0.25, 0.3) is 9.05 Å². The molecule has 2 aromatic rings. The summed E-state index contributed by atoms with van der Waals surface area (Å²) in [6, 6.07) is 5.93. The van der Waals surface area contributed by atoms with Crippen LogP contribution >= 0.6 is 10.7 Å². The molecule has 0 saturated heterocycles. The molecule has 18 heavy (non-hydrogen) atoms. The molecule has 0 aliphatic carbocycles. The summed E-state index contributed by atoms with van der Waals surface area (Å²) in [7, 11) is 1.59. The average molecular weight is 285 g/mol. The SMILES string of the molecule is Cc1cc(C)cc(-n2ncc(S(=O)(=O)Cl)c2C)c1. The molecule has 1 aromatic carbocycles. The van der Waals surface area contributed by atoms with E-state index in [9.17, 15) is 8.42 Å². The number of nitrogens with zero attached hydrogens (tertiary/aromatic N) is 2. The van der Waals surface area contributed by atoms with E-state index in [1.54, 1.807) is 11.6 Å². The van der Waals surface area contributed by atoms with E-state index < -0.39 is 9.05 Å². The molecule has 6 heteroatoms. The summed E-state index contributed by atoms with van der Waals surface area (Å²) in [5, 5.41) is 4.09. The van der Waals surface area contributed by atoms with Crippen LogP contribution in [-0.4, -0.2) is 18.2 Å². The fourth-order valence-electron chi connectivity index (χ4n) is 1.97. The van der Waals surface area contributed by atoms with Crippen LogP contribution in [-0.2, 0) is 9.05 Å². The highest BCUT2D eigenvalue weighted by atomic mass is 35.7. The smallest absolute Gasteiger partial charge is 0.237 e. The predicted octanol–water partition coefficient (Wildman–Crippen LogP) is 2.73. The Balaban J connectivity index is 2.63. The van der Waals surface area contributed by atoms with Gasteiger partial charge < -0.3 is 0 Å². The van der Waals surface area contributed by atoms with Crippen LogP contribution in [0.15, 0.2) is 29.3 Å². The molecule has 0 N–H and O–H groups in total. The highest BCUT2D eigenvalue weighted by Gasteiger charge is 2.18. The van der Waals surface area contributed by atoms with Crippen LogP contribution in [0.1, 0.15) is 16.8 Å². The maximum Gasteiger partial charge on any atom is 0.264 e. The molecule has 96 valence electrons. The van der Waals surface area contributed by atoms with Gasteiger partial charge in [-0.2, -0.15) is 5.10 Å². The Morgan fingerprint density at radius 1 is 1.11 bits per heavy atom. The van der Waals surface area contributed by atoms with Gasteiger partial charge >= 0.3 is 0 Å². The van der Waals surface area contributed by atoms with Gasteiger partial charge in [-0.05, 0) is 44.0 Å². The molecule has 0 radical (unpaired) electrons. The van der Waals surface area contributed by atoms with E-state index in [-0.39, 0.29) is 4.90 Å². The van der Waals surface area contributed by atoms with Gasteiger partial charge in [0, 0.05) is 10.7 Å². The number of aryl methyl sites for hydroxylation is 2. The molecule has 0 unspecified atom stereocenters. The molecule has 1 aromatic heterocycles. The van der Waals surface area contributed by atoms with Gasteiger partial charge in [0.15, 0.2) is 0 Å². The molecule has 0 saturated carbocycles. The van der Waals surface area contributed by atoms with E-state index in [0.29, 0.717) is 5.69 Å². The minimum Gasteiger partial charge on any atom is -0.237 e. The molecule has 2 rings (SSSR count). The largest absolute Gasteiger partial charge is 0.264 e. The number of hydrogen-bond donors (Lipinski definition) is 0. The third-order valence-electron chi connectivity index (χ3n) is 2.68. The molecular weight excluding hydrogens is 272 g/mol. The van der Waals surface area contributed by atoms with E-state index in [1.807, 2.05) is 32.0 Å². The third-order valence-corrected chi connectivity index (χ3v) is 4.10. The maximum absolute atomic E-state index is 11.3. The lowest BCUT2D eigenvalue weighted by Gasteiger charge is -2.07. The summed E-state index contributed by atoms with van der Waals surface area (Å²) in [4.78, 5) is 0.0447. The first-order valence-electron chi connectivity index (χ1n) is 5.37. The molecule has 0 bridgehead atoms. The van der Waals surface area contributed by atoms with Crippen molar-refractivity contribution < 1.29 is 8.42 Å². The van der Waals surface area contributed by atoms with Crippen LogP contribution in [0, 0.1) is 20.8 Å². The Hall–Kier alpha value is -1.33. The van der Waals surface area contributed by atoms with Crippen molar-refractivity contribution in [2.24, 2.45) is 0 Å². The van der Waals surface area contributed by atoms with Gasteiger partial charge in [-0.25, -0.2) is 13.1 Å². The number of rotatable bonds is 2. The van der Waals surface area contributed by atoms with Crippen LogP contribution < -0.4 is 0 Å². The monoisotopic (exact) mass is 284 g/mol. The zero-order chi connectivity index (χ0) is 13.5. The lowest BCUT2D eigenvalue weighted by atomic mass is 10.1. The van der Waals surface area contributed by atoms with Crippen molar-refractivity contribution in [1.82, 2.24) is 9.78 Å². The first kappa shape index (κ1) is 13.1. The van der Waals surface area contributed by atoms with Gasteiger partial charge in [0.2, 0.25) is 0 Å². The lowest BCUT2D eigenvalue weighted by Crippen LogP contribution is -2.01. The van der Waals surface area contributed by atoms with Gasteiger partial charge in [-0.15, -0.1) is 0 Å². The standard InChI is InChI=1S/C12H13ClN2O2S/c1-8-4-9(2)6-11(5-8)15-10(3)12(7-14-15)18(13,16)17/h4-7H,1-3H3. The van der Waals surface area contributed by atoms with Crippen molar-refractivity contribution >= 4 is 19.7 Å². The second-order valence-corrected chi connectivity index (χ2v) is 6.82. The summed E-state index contributed by atoms with van der Waals surface area (Å²) < 4.78 is 24.3. The molecule has 4 nitrogen and oxygen atoms in total. The Kier molecular flexibility index (Phi) is 3.21. The second-order valence-electron chi connectivity index (χ2n) is 4.29. The summed E-state index contributed by atoms with van der Waals surface area (Å²) in [5.41, 5.74) is 3.52. The van der Waals surface area contributed by atoms with Crippen LogP contribution in [0.4, 0.5) is 0 Å². The van der Waals surface area contributed by atoms with E-state index in [0.717, 1.165) is 16.8 Å². The predicted molar refractivity (Wildman–Crippen MR) is 70.8 cm³/mol. The Morgan fingerprint density at radius 3 is 2.11 bits per heavy atom. The molecule has 0 aliphatic heterocycles. The number of halogens is 1. The zero-order valence-electron chi connectivity index (χ0n) is 10.3. The first-order valence-corrected chi connectivity index (χ1v) is 7.68. The molecular formula is C12H13ClN2O2S. The van der Waals surface area contributed by atoms with Crippen molar-refractivity contribution in [2.75, 3.05) is 0 Å². The van der Waals surface area contributed by atoms with Crippen molar-refractivity contribution in [3.05, 3.63) is 41.2 Å². The van der Waals surface area contributed by atoms with Gasteiger partial charge in [-0.1, -0.05) is 6.07 Å². The maximum atomic E-state index is 11.3. The van der Waals surface area contributed by atoms with Gasteiger partial charge in [0.05, 0.1) is 17.6 Å². The van der Waals surface area contributed by atoms with Crippen LogP contribution in [0.25, 0.3) is 5.69 Å². The summed E-state index contributed by atoms with van der Waals surface area (Å²) in [5.74, 6) is 0. The molecule has 0 aliphatic rings. The number of benzene rings is 1. The van der Waals surface area contributed by atoms with Crippen molar-refractivity contribution in [3.8, 4) is 5.69 Å². The molecule has 1 heterocycles. The quantitative estimate of drug-likeness (QED) is 0.797. The van der Waals surface area contributed by atoms with Gasteiger partial charge in [-0.3, -0.25) is 0 Å². The second kappa shape index (κ2) is 4.40. The summed E-state index contributed by atoms with van der Waals surface area (Å²) >= 11 is 0. The van der Waals surface area contributed by atoms with Crippen molar-refractivity contribution in [2.45, 2.75) is 25.7 Å². The van der Waals surface area contributed by atoms with Crippen molar-refractivity contribution in [3.63, 3.8) is 0 Å². The zero-order valence-corrected chi connectivity index (χ0v) is 11.9. The van der Waals surface area contributed by atoms with Crippen LogP contribution in [0.5, 0.6) is 0 Å². The Morgan fingerprint density at radius 2 is 1.67 bits per heavy atom. The normalized spacial score (nSPS) is 11.8. The number of hydrogen-bond acceptors (Lipinski definition) is 3. The molecule has 0 amide bonds. The fourth-order valence-corrected chi connectivity index (χ4v) is 3.03. The molecule has 0 spiro atoms.